The van der Waals surface area contributed by atoms with Gasteiger partial charge < -0.3 is 0 Å². The molecule has 0 radical (unpaired) electrons. The Hall–Kier alpha value is 0.843. The van der Waals surface area contributed by atoms with Crippen molar-refractivity contribution in [2.45, 2.75) is 17.9 Å². The van der Waals surface area contributed by atoms with Crippen molar-refractivity contribution in [2.75, 3.05) is 0 Å². The molecule has 0 amide bonds. The van der Waals surface area contributed by atoms with Crippen molar-refractivity contribution in [1.82, 2.24) is 0 Å². The molecule has 0 atom stereocenters. The molecule has 0 aromatic carbocycles. The Labute approximate surface area is 71.2 Å². The molecule has 0 bridgehead atoms. The number of hydrogen-bond donors (Lipinski definition) is 0. The van der Waals surface area contributed by atoms with E-state index in [0.29, 0.717) is 0 Å². The van der Waals surface area contributed by atoms with Gasteiger partial charge in [-0.2, -0.15) is 0 Å². The average molecular weight is 261 g/mol. The first-order chi connectivity index (χ1) is 2.91. The van der Waals surface area contributed by atoms with Gasteiger partial charge in [-0.25, -0.2) is 0 Å². The maximum atomic E-state index is 7.96. The minimum absolute atomic E-state index is 0. The fourth-order valence-corrected chi connectivity index (χ4v) is 0.729. The van der Waals surface area contributed by atoms with Gasteiger partial charge in [0.15, 0.2) is 0 Å². The number of nitriles is 1. The fourth-order valence-electron chi connectivity index (χ4n) is 0.204. The van der Waals surface area contributed by atoms with E-state index in [4.69, 9.17) is 5.26 Å². The molecule has 0 unspecified atom stereocenters. The van der Waals surface area contributed by atoms with Crippen LogP contribution in [-0.2, 0) is 18.3 Å². The third kappa shape index (κ3) is 10.9. The van der Waals surface area contributed by atoms with E-state index in [9.17, 15) is 0 Å². The van der Waals surface area contributed by atoms with Gasteiger partial charge in [0.1, 0.15) is 0 Å². The Kier molecular flexibility index (Phi) is 15.3. The molecule has 1 nitrogen and oxygen atoms in total. The summed E-state index contributed by atoms with van der Waals surface area (Å²) >= 11 is 1.34. The van der Waals surface area contributed by atoms with E-state index in [0.717, 1.165) is 12.8 Å². The fraction of sp³-hybridized carbons (Fsp3) is 0.750. The van der Waals surface area contributed by atoms with E-state index in [2.05, 4.69) is 6.07 Å². The van der Waals surface area contributed by atoms with Crippen molar-refractivity contribution >= 4 is 24.0 Å². The standard InChI is InChI=1S/C4H6N.HI.Zn/c1-2-3-4-5;;/h1-3H2;1H;. The molecule has 3 heteroatoms. The SMILES string of the molecule is I.N#CCC[CH2][Zn]. The second-order valence-corrected chi connectivity index (χ2v) is 2.60. The quantitative estimate of drug-likeness (QED) is 0.423. The van der Waals surface area contributed by atoms with Crippen LogP contribution in [0.5, 0.6) is 0 Å². The zero-order valence-electron chi connectivity index (χ0n) is 4.18. The molecule has 0 fully saturated rings. The topological polar surface area (TPSA) is 23.8 Å². The molecule has 0 aromatic heterocycles. The predicted molar refractivity (Wildman–Crippen MR) is 35.1 cm³/mol. The van der Waals surface area contributed by atoms with Crippen LogP contribution in [0.1, 0.15) is 12.8 Å². The Morgan fingerprint density at radius 1 is 1.57 bits per heavy atom. The van der Waals surface area contributed by atoms with Gasteiger partial charge in [0.25, 0.3) is 0 Å². The number of hydrogen-bond acceptors (Lipinski definition) is 1. The first kappa shape index (κ1) is 10.8. The van der Waals surface area contributed by atoms with Gasteiger partial charge in [-0.05, 0) is 0 Å². The van der Waals surface area contributed by atoms with Gasteiger partial charge in [-0.15, -0.1) is 24.0 Å². The van der Waals surface area contributed by atoms with E-state index in [1.165, 1.54) is 23.3 Å². The zero-order chi connectivity index (χ0) is 4.83. The summed E-state index contributed by atoms with van der Waals surface area (Å²) in [5.74, 6) is 0. The van der Waals surface area contributed by atoms with Gasteiger partial charge in [-0.1, -0.05) is 0 Å². The molecular weight excluding hydrogens is 254 g/mol. The summed E-state index contributed by atoms with van der Waals surface area (Å²) in [6, 6.07) is 2.09. The number of nitrogens with zero attached hydrogens (tertiary/aromatic N) is 1. The molecule has 0 aliphatic heterocycles. The monoisotopic (exact) mass is 260 g/mol. The average Bonchev–Trinajstić information content (AvgIpc) is 1.61. The molecular formula is C4H7INZn. The van der Waals surface area contributed by atoms with Gasteiger partial charge in [0.2, 0.25) is 0 Å². The summed E-state index contributed by atoms with van der Waals surface area (Å²) < 4.78 is 0. The third-order valence-corrected chi connectivity index (χ3v) is 1.59. The van der Waals surface area contributed by atoms with Crippen molar-refractivity contribution in [2.24, 2.45) is 0 Å². The molecule has 0 saturated heterocycles. The Bertz CT molecular complexity index is 59.2. The molecule has 0 saturated carbocycles. The van der Waals surface area contributed by atoms with E-state index < -0.39 is 0 Å². The van der Waals surface area contributed by atoms with Crippen LogP contribution in [0.15, 0.2) is 0 Å². The van der Waals surface area contributed by atoms with Gasteiger partial charge in [0.05, 0.1) is 0 Å². The Morgan fingerprint density at radius 3 is 2.29 bits per heavy atom. The summed E-state index contributed by atoms with van der Waals surface area (Å²) in [5, 5.41) is 9.22. The van der Waals surface area contributed by atoms with E-state index in [-0.39, 0.29) is 24.0 Å². The summed E-state index contributed by atoms with van der Waals surface area (Å²) in [4.78, 5) is 0. The van der Waals surface area contributed by atoms with Crippen molar-refractivity contribution in [3.63, 3.8) is 0 Å². The van der Waals surface area contributed by atoms with Crippen LogP contribution in [0.3, 0.4) is 0 Å². The number of rotatable bonds is 2. The van der Waals surface area contributed by atoms with Crippen LogP contribution in [0.25, 0.3) is 0 Å². The van der Waals surface area contributed by atoms with Crippen LogP contribution >= 0.6 is 24.0 Å². The Balaban J connectivity index is 0. The molecule has 0 N–H and O–H groups in total. The third-order valence-electron chi connectivity index (χ3n) is 0.539. The van der Waals surface area contributed by atoms with E-state index in [1.54, 1.807) is 0 Å². The van der Waals surface area contributed by atoms with Crippen LogP contribution in [0, 0.1) is 11.3 Å². The molecule has 0 aliphatic rings. The number of unbranched alkanes of at least 4 members (excludes halogenated alkanes) is 1. The zero-order valence-corrected chi connectivity index (χ0v) is 9.48. The molecule has 0 aromatic rings. The summed E-state index contributed by atoms with van der Waals surface area (Å²) in [5.41, 5.74) is 0. The van der Waals surface area contributed by atoms with E-state index >= 15 is 0 Å². The first-order valence-corrected chi connectivity index (χ1v) is 4.18. The van der Waals surface area contributed by atoms with Crippen molar-refractivity contribution in [3.8, 4) is 6.07 Å². The molecule has 7 heavy (non-hydrogen) atoms. The van der Waals surface area contributed by atoms with Crippen LogP contribution in [-0.4, -0.2) is 0 Å². The number of halogens is 1. The first-order valence-electron chi connectivity index (χ1n) is 2.08. The Morgan fingerprint density at radius 2 is 2.14 bits per heavy atom. The van der Waals surface area contributed by atoms with Gasteiger partial charge in [0, 0.05) is 0 Å². The van der Waals surface area contributed by atoms with Crippen LogP contribution in [0.2, 0.25) is 5.02 Å². The van der Waals surface area contributed by atoms with Crippen molar-refractivity contribution in [1.29, 1.82) is 5.26 Å². The molecule has 0 heterocycles. The van der Waals surface area contributed by atoms with E-state index in [1.807, 2.05) is 0 Å². The second kappa shape index (κ2) is 9.96. The predicted octanol–water partition coefficient (Wildman–Crippen LogP) is 1.87. The summed E-state index contributed by atoms with van der Waals surface area (Å²) in [7, 11) is 0. The van der Waals surface area contributed by atoms with Gasteiger partial charge >= 0.3 is 47.5 Å². The van der Waals surface area contributed by atoms with Crippen molar-refractivity contribution < 1.29 is 18.3 Å². The van der Waals surface area contributed by atoms with Crippen LogP contribution in [0.4, 0.5) is 0 Å². The molecule has 37 valence electrons. The molecule has 0 rings (SSSR count). The summed E-state index contributed by atoms with van der Waals surface area (Å²) in [6.45, 7) is 0. The maximum absolute atomic E-state index is 7.96. The van der Waals surface area contributed by atoms with Crippen LogP contribution < -0.4 is 0 Å². The van der Waals surface area contributed by atoms with Gasteiger partial charge in [-0.3, -0.25) is 0 Å². The second-order valence-electron chi connectivity index (χ2n) is 1.12. The molecule has 0 spiro atoms. The minimum atomic E-state index is 0. The normalized spacial score (nSPS) is 6.43. The van der Waals surface area contributed by atoms with Crippen molar-refractivity contribution in [3.05, 3.63) is 0 Å². The molecule has 0 aliphatic carbocycles. The summed E-state index contributed by atoms with van der Waals surface area (Å²) in [6.07, 6.45) is 1.86.